The van der Waals surface area contributed by atoms with Crippen molar-refractivity contribution in [3.63, 3.8) is 0 Å². The smallest absolute Gasteiger partial charge is 0.253 e. The number of aromatic amines is 1. The second-order valence-electron chi connectivity index (χ2n) is 11.7. The van der Waals surface area contributed by atoms with Gasteiger partial charge in [-0.2, -0.15) is 0 Å². The van der Waals surface area contributed by atoms with Gasteiger partial charge in [0, 0.05) is 62.3 Å². The Labute approximate surface area is 253 Å². The Balaban J connectivity index is 1.47. The molecule has 0 aliphatic carbocycles. The molecule has 1 atom stereocenters. The summed E-state index contributed by atoms with van der Waals surface area (Å²) in [6.45, 7) is 9.29. The van der Waals surface area contributed by atoms with Crippen molar-refractivity contribution in [2.45, 2.75) is 52.4 Å². The number of pyridine rings is 1. The molecule has 3 heterocycles. The van der Waals surface area contributed by atoms with Crippen LogP contribution in [0.1, 0.15) is 62.8 Å². The van der Waals surface area contributed by atoms with Crippen molar-refractivity contribution in [2.75, 3.05) is 46.6 Å². The van der Waals surface area contributed by atoms with Crippen molar-refractivity contribution in [2.24, 2.45) is 5.92 Å². The zero-order valence-electron chi connectivity index (χ0n) is 25.5. The molecule has 2 aliphatic rings. The Hall–Kier alpha value is -3.34. The summed E-state index contributed by atoms with van der Waals surface area (Å²) in [5.41, 5.74) is 7.08. The van der Waals surface area contributed by atoms with Gasteiger partial charge in [0.05, 0.1) is 19.8 Å². The Morgan fingerprint density at radius 1 is 1.02 bits per heavy atom. The number of rotatable bonds is 10. The number of nitrogens with one attached hydrogen (secondary N) is 3. The first-order valence-corrected chi connectivity index (χ1v) is 15.3. The first-order chi connectivity index (χ1) is 20.9. The van der Waals surface area contributed by atoms with Crippen LogP contribution in [0, 0.1) is 19.8 Å². The number of benzene rings is 2. The van der Waals surface area contributed by atoms with E-state index >= 15 is 0 Å². The van der Waals surface area contributed by atoms with Crippen molar-refractivity contribution < 1.29 is 19.4 Å². The van der Waals surface area contributed by atoms with Gasteiger partial charge in [-0.15, -0.1) is 0 Å². The average Bonchev–Trinajstić information content (AvgIpc) is 3.02. The van der Waals surface area contributed by atoms with Gasteiger partial charge in [-0.3, -0.25) is 14.5 Å². The van der Waals surface area contributed by atoms with Crippen LogP contribution in [0.3, 0.4) is 0 Å². The van der Waals surface area contributed by atoms with E-state index in [0.717, 1.165) is 81.2 Å². The van der Waals surface area contributed by atoms with Gasteiger partial charge in [0.2, 0.25) is 0 Å². The Bertz CT molecular complexity index is 1460. The number of carbonyl (C=O) groups excluding carboxylic acids is 1. The fourth-order valence-electron chi connectivity index (χ4n) is 6.36. The molecule has 0 saturated carbocycles. The number of ether oxygens (including phenoxy) is 2. The third-order valence-corrected chi connectivity index (χ3v) is 8.83. The molecule has 9 heteroatoms. The molecular weight excluding hydrogens is 544 g/mol. The molecule has 43 heavy (non-hydrogen) atoms. The normalized spacial score (nSPS) is 17.1. The fourth-order valence-corrected chi connectivity index (χ4v) is 6.36. The van der Waals surface area contributed by atoms with Gasteiger partial charge in [0.1, 0.15) is 0 Å². The Morgan fingerprint density at radius 2 is 1.72 bits per heavy atom. The van der Waals surface area contributed by atoms with Crippen molar-refractivity contribution in [3.05, 3.63) is 91.9 Å². The lowest BCUT2D eigenvalue weighted by Crippen LogP contribution is -2.35. The molecule has 3 aromatic rings. The largest absolute Gasteiger partial charge is 0.392 e. The van der Waals surface area contributed by atoms with E-state index in [2.05, 4.69) is 50.8 Å². The van der Waals surface area contributed by atoms with Crippen LogP contribution in [0.5, 0.6) is 0 Å². The maximum Gasteiger partial charge on any atom is 0.253 e. The van der Waals surface area contributed by atoms with E-state index in [1.54, 1.807) is 13.0 Å². The average molecular weight is 589 g/mol. The minimum atomic E-state index is -0.303. The number of carbonyl (C=O) groups is 1. The summed E-state index contributed by atoms with van der Waals surface area (Å²) in [7, 11) is 1.98. The summed E-state index contributed by atoms with van der Waals surface area (Å²) >= 11 is 0. The predicted octanol–water partition coefficient (Wildman–Crippen LogP) is 3.60. The molecule has 1 unspecified atom stereocenters. The SMILES string of the molecule is CNC(c1cc(-c2ccc(CN3CCOCC3)cc2)cc(C(=O)NCc2c(CO)cc(C)[nH]c2=O)c1C)C1CCOCC1. The lowest BCUT2D eigenvalue weighted by molar-refractivity contribution is 0.0342. The van der Waals surface area contributed by atoms with E-state index in [1.165, 1.54) is 5.56 Å². The molecular formula is C34H44N4O5. The first kappa shape index (κ1) is 31.1. The lowest BCUT2D eigenvalue weighted by atomic mass is 9.82. The van der Waals surface area contributed by atoms with E-state index in [1.807, 2.05) is 20.0 Å². The molecule has 5 rings (SSSR count). The van der Waals surface area contributed by atoms with Gasteiger partial charge in [-0.05, 0) is 91.2 Å². The Kier molecular flexibility index (Phi) is 10.4. The first-order valence-electron chi connectivity index (χ1n) is 15.3. The highest BCUT2D eigenvalue weighted by molar-refractivity contribution is 5.97. The third-order valence-electron chi connectivity index (χ3n) is 8.83. The molecule has 1 aromatic heterocycles. The van der Waals surface area contributed by atoms with Gasteiger partial charge in [-0.25, -0.2) is 0 Å². The zero-order chi connectivity index (χ0) is 30.3. The second kappa shape index (κ2) is 14.4. The molecule has 0 bridgehead atoms. The number of nitrogens with zero attached hydrogens (tertiary/aromatic N) is 1. The number of aliphatic hydroxyl groups excluding tert-OH is 1. The molecule has 4 N–H and O–H groups in total. The van der Waals surface area contributed by atoms with Crippen LogP contribution in [-0.2, 0) is 29.2 Å². The maximum absolute atomic E-state index is 13.8. The summed E-state index contributed by atoms with van der Waals surface area (Å²) in [5.74, 6) is 0.132. The number of H-pyrrole nitrogens is 1. The van der Waals surface area contributed by atoms with E-state index in [9.17, 15) is 14.7 Å². The minimum absolute atomic E-state index is 0.0228. The number of aryl methyl sites for hydroxylation is 1. The molecule has 1 amide bonds. The van der Waals surface area contributed by atoms with Crippen molar-refractivity contribution in [1.82, 2.24) is 20.5 Å². The molecule has 0 radical (unpaired) electrons. The van der Waals surface area contributed by atoms with Gasteiger partial charge in [0.15, 0.2) is 0 Å². The van der Waals surface area contributed by atoms with Crippen LogP contribution in [0.2, 0.25) is 0 Å². The molecule has 9 nitrogen and oxygen atoms in total. The van der Waals surface area contributed by atoms with Crippen LogP contribution in [0.4, 0.5) is 0 Å². The summed E-state index contributed by atoms with van der Waals surface area (Å²) in [6.07, 6.45) is 1.90. The standard InChI is InChI=1S/C34H44N4O5/c1-22-16-28(21-39)31(34(41)37-22)19-36-33(40)30-18-27(17-29(23(30)2)32(35-3)26-8-12-42-13-9-26)25-6-4-24(5-7-25)20-38-10-14-43-15-11-38/h4-7,16-18,26,32,35,39H,8-15,19-21H2,1-3H3,(H,36,40)(H,37,41). The summed E-state index contributed by atoms with van der Waals surface area (Å²) in [6, 6.07) is 14.6. The van der Waals surface area contributed by atoms with E-state index in [4.69, 9.17) is 9.47 Å². The summed E-state index contributed by atoms with van der Waals surface area (Å²) in [5, 5.41) is 16.3. The number of hydrogen-bond donors (Lipinski definition) is 4. The van der Waals surface area contributed by atoms with Gasteiger partial charge in [0.25, 0.3) is 11.5 Å². The van der Waals surface area contributed by atoms with Crippen LogP contribution in [0.15, 0.2) is 47.3 Å². The van der Waals surface area contributed by atoms with Crippen LogP contribution in [0.25, 0.3) is 11.1 Å². The second-order valence-corrected chi connectivity index (χ2v) is 11.7. The van der Waals surface area contributed by atoms with Gasteiger partial charge >= 0.3 is 0 Å². The third kappa shape index (κ3) is 7.42. The maximum atomic E-state index is 13.8. The van der Waals surface area contributed by atoms with E-state index < -0.39 is 0 Å². The van der Waals surface area contributed by atoms with Crippen LogP contribution in [-0.4, -0.2) is 67.5 Å². The number of morpholine rings is 1. The van der Waals surface area contributed by atoms with E-state index in [-0.39, 0.29) is 30.7 Å². The number of amides is 1. The number of aromatic nitrogens is 1. The Morgan fingerprint density at radius 3 is 2.40 bits per heavy atom. The molecule has 230 valence electrons. The topological polar surface area (TPSA) is 116 Å². The number of hydrogen-bond acceptors (Lipinski definition) is 7. The van der Waals surface area contributed by atoms with Crippen molar-refractivity contribution in [3.8, 4) is 11.1 Å². The monoisotopic (exact) mass is 588 g/mol. The van der Waals surface area contributed by atoms with Gasteiger partial charge < -0.3 is 30.2 Å². The number of aliphatic hydroxyl groups is 1. The highest BCUT2D eigenvalue weighted by Gasteiger charge is 2.28. The highest BCUT2D eigenvalue weighted by atomic mass is 16.5. The molecule has 2 saturated heterocycles. The van der Waals surface area contributed by atoms with Crippen LogP contribution < -0.4 is 16.2 Å². The lowest BCUT2D eigenvalue weighted by Gasteiger charge is -2.32. The molecule has 2 aliphatic heterocycles. The minimum Gasteiger partial charge on any atom is -0.392 e. The molecule has 0 spiro atoms. The predicted molar refractivity (Wildman–Crippen MR) is 167 cm³/mol. The summed E-state index contributed by atoms with van der Waals surface area (Å²) < 4.78 is 11.1. The fraction of sp³-hybridized carbons (Fsp3) is 0.471. The molecule has 2 fully saturated rings. The van der Waals surface area contributed by atoms with Crippen LogP contribution >= 0.6 is 0 Å². The summed E-state index contributed by atoms with van der Waals surface area (Å²) in [4.78, 5) is 31.6. The highest BCUT2D eigenvalue weighted by Crippen LogP contribution is 2.36. The van der Waals surface area contributed by atoms with Crippen molar-refractivity contribution >= 4 is 5.91 Å². The quantitative estimate of drug-likeness (QED) is 0.286. The zero-order valence-corrected chi connectivity index (χ0v) is 25.5. The van der Waals surface area contributed by atoms with Gasteiger partial charge in [-0.1, -0.05) is 24.3 Å². The van der Waals surface area contributed by atoms with Crippen molar-refractivity contribution in [1.29, 1.82) is 0 Å². The molecule has 2 aromatic carbocycles. The van der Waals surface area contributed by atoms with E-state index in [0.29, 0.717) is 28.3 Å².